The van der Waals surface area contributed by atoms with Crippen LogP contribution in [0.15, 0.2) is 48.5 Å². The van der Waals surface area contributed by atoms with Gasteiger partial charge in [0.25, 0.3) is 5.91 Å². The van der Waals surface area contributed by atoms with Gasteiger partial charge in [-0.3, -0.25) is 4.79 Å². The highest BCUT2D eigenvalue weighted by Crippen LogP contribution is 2.30. The van der Waals surface area contributed by atoms with Crippen LogP contribution in [0.25, 0.3) is 10.1 Å². The van der Waals surface area contributed by atoms with E-state index in [0.29, 0.717) is 5.92 Å². The van der Waals surface area contributed by atoms with E-state index in [1.807, 2.05) is 6.07 Å². The Morgan fingerprint density at radius 2 is 1.72 bits per heavy atom. The van der Waals surface area contributed by atoms with Gasteiger partial charge in [-0.05, 0) is 99.0 Å². The van der Waals surface area contributed by atoms with Gasteiger partial charge in [-0.2, -0.15) is 0 Å². The maximum atomic E-state index is 12.7. The minimum atomic E-state index is 0.0487. The van der Waals surface area contributed by atoms with E-state index in [1.165, 1.54) is 24.9 Å². The Hall–Kier alpha value is -2.57. The quantitative estimate of drug-likeness (QED) is 0.475. The maximum absolute atomic E-state index is 12.7. The molecule has 0 atom stereocenters. The number of piperidine rings is 2. The van der Waals surface area contributed by atoms with Crippen LogP contribution in [0.2, 0.25) is 0 Å². The SMILES string of the molecule is O=C(NCC1CCNCC1)c1cc2ccc(Nc3ccc(N4CCCCC4)cc3)cc2s1. The first-order chi connectivity index (χ1) is 15.7. The predicted octanol–water partition coefficient (Wildman–Crippen LogP) is 5.36. The number of carbonyl (C=O) groups is 1. The van der Waals surface area contributed by atoms with Gasteiger partial charge in [-0.1, -0.05) is 6.07 Å². The summed E-state index contributed by atoms with van der Waals surface area (Å²) < 4.78 is 1.13. The number of rotatable bonds is 6. The lowest BCUT2D eigenvalue weighted by Gasteiger charge is -2.28. The lowest BCUT2D eigenvalue weighted by Crippen LogP contribution is -2.35. The summed E-state index contributed by atoms with van der Waals surface area (Å²) in [5, 5.41) is 11.1. The Labute approximate surface area is 194 Å². The molecule has 0 aliphatic carbocycles. The van der Waals surface area contributed by atoms with Crippen molar-refractivity contribution in [2.45, 2.75) is 32.1 Å². The Bertz CT molecular complexity index is 1050. The molecule has 0 unspecified atom stereocenters. The first kappa shape index (κ1) is 21.3. The molecule has 168 valence electrons. The van der Waals surface area contributed by atoms with E-state index < -0.39 is 0 Å². The zero-order valence-corrected chi connectivity index (χ0v) is 19.3. The van der Waals surface area contributed by atoms with Crippen molar-refractivity contribution in [3.05, 3.63) is 53.4 Å². The molecule has 2 aliphatic heterocycles. The van der Waals surface area contributed by atoms with Crippen LogP contribution in [-0.4, -0.2) is 38.6 Å². The topological polar surface area (TPSA) is 56.4 Å². The molecule has 2 aromatic carbocycles. The average Bonchev–Trinajstić information content (AvgIpc) is 3.28. The maximum Gasteiger partial charge on any atom is 0.261 e. The smallest absolute Gasteiger partial charge is 0.261 e. The molecule has 2 aliphatic rings. The number of nitrogens with one attached hydrogen (secondary N) is 3. The molecule has 3 N–H and O–H groups in total. The zero-order chi connectivity index (χ0) is 21.8. The fourth-order valence-electron chi connectivity index (χ4n) is 4.71. The van der Waals surface area contributed by atoms with E-state index in [9.17, 15) is 4.79 Å². The third kappa shape index (κ3) is 5.08. The molecule has 3 aromatic rings. The Morgan fingerprint density at radius 3 is 2.50 bits per heavy atom. The van der Waals surface area contributed by atoms with Crippen molar-refractivity contribution in [1.29, 1.82) is 0 Å². The average molecular weight is 449 g/mol. The fourth-order valence-corrected chi connectivity index (χ4v) is 5.72. The summed E-state index contributed by atoms with van der Waals surface area (Å²) in [5.74, 6) is 0.638. The first-order valence-electron chi connectivity index (χ1n) is 11.9. The van der Waals surface area contributed by atoms with Gasteiger partial charge in [0.05, 0.1) is 4.88 Å². The lowest BCUT2D eigenvalue weighted by molar-refractivity contribution is 0.0948. The Morgan fingerprint density at radius 1 is 0.969 bits per heavy atom. The number of nitrogens with zero attached hydrogens (tertiary/aromatic N) is 1. The summed E-state index contributed by atoms with van der Waals surface area (Å²) in [6.45, 7) is 5.21. The van der Waals surface area contributed by atoms with E-state index in [4.69, 9.17) is 0 Å². The first-order valence-corrected chi connectivity index (χ1v) is 12.7. The number of anilines is 3. The standard InChI is InChI=1S/C26H32N4OS/c31-26(28-18-19-10-12-27-13-11-19)25-16-20-4-5-22(17-24(20)32-25)29-21-6-8-23(9-7-21)30-14-2-1-3-15-30/h4-9,16-17,19,27,29H,1-3,10-15,18H2,(H,28,31). The summed E-state index contributed by atoms with van der Waals surface area (Å²) in [6.07, 6.45) is 6.21. The molecule has 32 heavy (non-hydrogen) atoms. The number of hydrogen-bond acceptors (Lipinski definition) is 5. The number of carbonyl (C=O) groups excluding carboxylic acids is 1. The molecule has 0 spiro atoms. The van der Waals surface area contributed by atoms with Gasteiger partial charge >= 0.3 is 0 Å². The summed E-state index contributed by atoms with van der Waals surface area (Å²) >= 11 is 1.57. The monoisotopic (exact) mass is 448 g/mol. The fraction of sp³-hybridized carbons (Fsp3) is 0.423. The van der Waals surface area contributed by atoms with E-state index in [1.54, 1.807) is 11.3 Å². The van der Waals surface area contributed by atoms with Crippen LogP contribution in [0.3, 0.4) is 0 Å². The van der Waals surface area contributed by atoms with E-state index >= 15 is 0 Å². The molecule has 5 nitrogen and oxygen atoms in total. The van der Waals surface area contributed by atoms with Crippen LogP contribution in [0.4, 0.5) is 17.1 Å². The molecular weight excluding hydrogens is 416 g/mol. The van der Waals surface area contributed by atoms with Crippen molar-refractivity contribution >= 4 is 44.4 Å². The molecule has 5 rings (SSSR count). The summed E-state index contributed by atoms with van der Waals surface area (Å²) in [5.41, 5.74) is 3.44. The normalized spacial score (nSPS) is 17.4. The van der Waals surface area contributed by atoms with Crippen LogP contribution < -0.4 is 20.9 Å². The molecular formula is C26H32N4OS. The number of benzene rings is 2. The number of thiophene rings is 1. The summed E-state index contributed by atoms with van der Waals surface area (Å²) in [7, 11) is 0. The predicted molar refractivity (Wildman–Crippen MR) is 136 cm³/mol. The van der Waals surface area contributed by atoms with E-state index in [0.717, 1.165) is 71.9 Å². The highest BCUT2D eigenvalue weighted by Gasteiger charge is 2.16. The lowest BCUT2D eigenvalue weighted by atomic mass is 9.98. The van der Waals surface area contributed by atoms with Crippen molar-refractivity contribution in [1.82, 2.24) is 10.6 Å². The van der Waals surface area contributed by atoms with Gasteiger partial charge in [0.2, 0.25) is 0 Å². The second-order valence-electron chi connectivity index (χ2n) is 8.99. The minimum Gasteiger partial charge on any atom is -0.372 e. The van der Waals surface area contributed by atoms with Crippen molar-refractivity contribution in [2.75, 3.05) is 42.9 Å². The van der Waals surface area contributed by atoms with Crippen molar-refractivity contribution < 1.29 is 4.79 Å². The largest absolute Gasteiger partial charge is 0.372 e. The van der Waals surface area contributed by atoms with Gasteiger partial charge < -0.3 is 20.9 Å². The molecule has 0 bridgehead atoms. The van der Waals surface area contributed by atoms with Gasteiger partial charge in [-0.25, -0.2) is 0 Å². The number of hydrogen-bond donors (Lipinski definition) is 3. The van der Waals surface area contributed by atoms with Crippen LogP contribution in [0.5, 0.6) is 0 Å². The van der Waals surface area contributed by atoms with Gasteiger partial charge in [-0.15, -0.1) is 11.3 Å². The molecule has 1 aromatic heterocycles. The third-order valence-electron chi connectivity index (χ3n) is 6.63. The second kappa shape index (κ2) is 9.92. The van der Waals surface area contributed by atoms with Gasteiger partial charge in [0.1, 0.15) is 0 Å². The van der Waals surface area contributed by atoms with Crippen molar-refractivity contribution in [2.24, 2.45) is 5.92 Å². The van der Waals surface area contributed by atoms with Crippen molar-refractivity contribution in [3.8, 4) is 0 Å². The highest BCUT2D eigenvalue weighted by atomic mass is 32.1. The molecule has 2 fully saturated rings. The van der Waals surface area contributed by atoms with Crippen LogP contribution >= 0.6 is 11.3 Å². The number of fused-ring (bicyclic) bond motifs is 1. The van der Waals surface area contributed by atoms with Crippen molar-refractivity contribution in [3.63, 3.8) is 0 Å². The molecule has 2 saturated heterocycles. The highest BCUT2D eigenvalue weighted by molar-refractivity contribution is 7.20. The van der Waals surface area contributed by atoms with E-state index in [2.05, 4.69) is 63.3 Å². The molecule has 3 heterocycles. The van der Waals surface area contributed by atoms with Gasteiger partial charge in [0, 0.05) is 41.4 Å². The second-order valence-corrected chi connectivity index (χ2v) is 10.1. The summed E-state index contributed by atoms with van der Waals surface area (Å²) in [6, 6.07) is 17.1. The molecule has 0 radical (unpaired) electrons. The van der Waals surface area contributed by atoms with Gasteiger partial charge in [0.15, 0.2) is 0 Å². The Balaban J connectivity index is 1.22. The van der Waals surface area contributed by atoms with Crippen LogP contribution in [0.1, 0.15) is 41.8 Å². The van der Waals surface area contributed by atoms with Crippen LogP contribution in [0, 0.1) is 5.92 Å². The summed E-state index contributed by atoms with van der Waals surface area (Å²) in [4.78, 5) is 15.9. The molecule has 1 amide bonds. The van der Waals surface area contributed by atoms with Crippen LogP contribution in [-0.2, 0) is 0 Å². The molecule has 0 saturated carbocycles. The number of amides is 1. The third-order valence-corrected chi connectivity index (χ3v) is 7.73. The van der Waals surface area contributed by atoms with E-state index in [-0.39, 0.29) is 5.91 Å². The zero-order valence-electron chi connectivity index (χ0n) is 18.5. The minimum absolute atomic E-state index is 0.0487. The molecule has 6 heteroatoms. The Kier molecular flexibility index (Phi) is 6.60.